The smallest absolute Gasteiger partial charge is 0.181 e. The lowest BCUT2D eigenvalue weighted by Crippen LogP contribution is -2.29. The van der Waals surface area contributed by atoms with Crippen LogP contribution in [0, 0.1) is 0 Å². The minimum Gasteiger partial charge on any atom is -0.380 e. The number of thiazole rings is 1. The minimum absolute atomic E-state index is 0.641. The summed E-state index contributed by atoms with van der Waals surface area (Å²) in [5, 5.41) is 0.641. The summed E-state index contributed by atoms with van der Waals surface area (Å²) in [6.45, 7) is 3.84. The molecular weight excluding hydrogens is 270 g/mol. The highest BCUT2D eigenvalue weighted by Crippen LogP contribution is 2.25. The van der Waals surface area contributed by atoms with Crippen LogP contribution in [0.2, 0.25) is 0 Å². The number of hydrogen-bond acceptors (Lipinski definition) is 5. The molecule has 0 unspecified atom stereocenters. The zero-order chi connectivity index (χ0) is 13.9. The zero-order valence-electron chi connectivity index (χ0n) is 11.6. The molecule has 1 aliphatic rings. The number of aromatic nitrogens is 1. The lowest BCUT2D eigenvalue weighted by atomic mass is 10.1. The summed E-state index contributed by atoms with van der Waals surface area (Å²) in [7, 11) is 1.75. The summed E-state index contributed by atoms with van der Waals surface area (Å²) in [5.41, 5.74) is 9.48. The van der Waals surface area contributed by atoms with Crippen molar-refractivity contribution in [3.63, 3.8) is 0 Å². The third kappa shape index (κ3) is 3.00. The molecule has 5 heteroatoms. The van der Waals surface area contributed by atoms with Crippen molar-refractivity contribution < 1.29 is 4.74 Å². The van der Waals surface area contributed by atoms with Crippen LogP contribution in [0.4, 0.5) is 5.13 Å². The molecule has 3 rings (SSSR count). The van der Waals surface area contributed by atoms with Gasteiger partial charge in [-0.05, 0) is 29.7 Å². The van der Waals surface area contributed by atoms with Gasteiger partial charge >= 0.3 is 0 Å². The van der Waals surface area contributed by atoms with E-state index in [1.807, 2.05) is 0 Å². The number of anilines is 1. The molecule has 1 aliphatic heterocycles. The first-order valence-electron chi connectivity index (χ1n) is 6.79. The number of methoxy groups -OCH3 is 1. The van der Waals surface area contributed by atoms with Crippen molar-refractivity contribution in [2.45, 2.75) is 13.0 Å². The quantitative estimate of drug-likeness (QED) is 0.879. The Kier molecular flexibility index (Phi) is 4.00. The van der Waals surface area contributed by atoms with E-state index < -0.39 is 0 Å². The third-order valence-electron chi connectivity index (χ3n) is 3.59. The van der Waals surface area contributed by atoms with Gasteiger partial charge in [0, 0.05) is 26.7 Å². The highest BCUT2D eigenvalue weighted by molar-refractivity contribution is 7.22. The summed E-state index contributed by atoms with van der Waals surface area (Å²) in [4.78, 5) is 6.74. The van der Waals surface area contributed by atoms with Gasteiger partial charge in [-0.25, -0.2) is 4.98 Å². The van der Waals surface area contributed by atoms with Crippen LogP contribution in [0.25, 0.3) is 10.2 Å². The summed E-state index contributed by atoms with van der Waals surface area (Å²) in [5.74, 6) is 0. The van der Waals surface area contributed by atoms with Crippen molar-refractivity contribution in [1.29, 1.82) is 0 Å². The summed E-state index contributed by atoms with van der Waals surface area (Å²) >= 11 is 1.56. The molecular formula is C15H19N3OS. The van der Waals surface area contributed by atoms with Gasteiger partial charge in [0.05, 0.1) is 16.8 Å². The molecule has 0 saturated carbocycles. The number of fused-ring (bicyclic) bond motifs is 1. The predicted molar refractivity (Wildman–Crippen MR) is 83.9 cm³/mol. The average Bonchev–Trinajstić information content (AvgIpc) is 2.81. The van der Waals surface area contributed by atoms with Gasteiger partial charge < -0.3 is 10.5 Å². The number of nitrogen functional groups attached to an aromatic ring is 1. The molecule has 20 heavy (non-hydrogen) atoms. The maximum absolute atomic E-state index is 5.75. The summed E-state index contributed by atoms with van der Waals surface area (Å²) < 4.78 is 6.35. The number of benzene rings is 1. The fourth-order valence-corrected chi connectivity index (χ4v) is 3.35. The Morgan fingerprint density at radius 3 is 3.10 bits per heavy atom. The van der Waals surface area contributed by atoms with Crippen molar-refractivity contribution in [3.8, 4) is 0 Å². The van der Waals surface area contributed by atoms with Gasteiger partial charge in [-0.15, -0.1) is 0 Å². The molecule has 106 valence electrons. The number of ether oxygens (including phenoxy) is 1. The normalized spacial score (nSPS) is 16.6. The van der Waals surface area contributed by atoms with E-state index in [0.29, 0.717) is 5.13 Å². The molecule has 1 aromatic carbocycles. The van der Waals surface area contributed by atoms with Crippen LogP contribution in [0.3, 0.4) is 0 Å². The van der Waals surface area contributed by atoms with Gasteiger partial charge in [-0.2, -0.15) is 0 Å². The lowest BCUT2D eigenvalue weighted by molar-refractivity contribution is 0.210. The van der Waals surface area contributed by atoms with E-state index in [-0.39, 0.29) is 0 Å². The van der Waals surface area contributed by atoms with Crippen LogP contribution in [0.5, 0.6) is 0 Å². The maximum Gasteiger partial charge on any atom is 0.181 e. The van der Waals surface area contributed by atoms with Crippen LogP contribution >= 0.6 is 11.3 Å². The second-order valence-electron chi connectivity index (χ2n) is 5.13. The maximum atomic E-state index is 5.75. The first-order valence-corrected chi connectivity index (χ1v) is 7.60. The van der Waals surface area contributed by atoms with Crippen LogP contribution in [0.1, 0.15) is 12.0 Å². The molecule has 1 aromatic heterocycles. The predicted octanol–water partition coefficient (Wildman–Crippen LogP) is 2.66. The van der Waals surface area contributed by atoms with Gasteiger partial charge in [0.15, 0.2) is 5.13 Å². The molecule has 0 fully saturated rings. The van der Waals surface area contributed by atoms with Crippen molar-refractivity contribution in [2.24, 2.45) is 0 Å². The molecule has 2 aromatic rings. The highest BCUT2D eigenvalue weighted by Gasteiger charge is 2.12. The van der Waals surface area contributed by atoms with Crippen LogP contribution in [0.15, 0.2) is 29.8 Å². The van der Waals surface area contributed by atoms with E-state index >= 15 is 0 Å². The second kappa shape index (κ2) is 5.91. The molecule has 0 aliphatic carbocycles. The number of nitrogens with two attached hydrogens (primary N) is 1. The van der Waals surface area contributed by atoms with E-state index in [4.69, 9.17) is 10.5 Å². The second-order valence-corrected chi connectivity index (χ2v) is 6.20. The first-order chi connectivity index (χ1) is 9.74. The molecule has 0 atom stereocenters. The van der Waals surface area contributed by atoms with Gasteiger partial charge in [0.1, 0.15) is 0 Å². The Morgan fingerprint density at radius 1 is 1.45 bits per heavy atom. The van der Waals surface area contributed by atoms with E-state index in [0.717, 1.165) is 38.2 Å². The van der Waals surface area contributed by atoms with E-state index in [2.05, 4.69) is 34.2 Å². The van der Waals surface area contributed by atoms with Crippen LogP contribution in [-0.4, -0.2) is 36.7 Å². The Morgan fingerprint density at radius 2 is 2.35 bits per heavy atom. The molecule has 4 nitrogen and oxygen atoms in total. The highest BCUT2D eigenvalue weighted by atomic mass is 32.1. The third-order valence-corrected chi connectivity index (χ3v) is 4.44. The Hall–Kier alpha value is -1.43. The van der Waals surface area contributed by atoms with Crippen molar-refractivity contribution >= 4 is 26.7 Å². The minimum atomic E-state index is 0.641. The Balaban J connectivity index is 1.68. The van der Waals surface area contributed by atoms with Gasteiger partial charge in [-0.3, -0.25) is 4.90 Å². The van der Waals surface area contributed by atoms with Crippen molar-refractivity contribution in [1.82, 2.24) is 9.88 Å². The topological polar surface area (TPSA) is 51.4 Å². The van der Waals surface area contributed by atoms with Crippen LogP contribution < -0.4 is 5.73 Å². The lowest BCUT2D eigenvalue weighted by Gasteiger charge is -2.26. The molecule has 2 heterocycles. The van der Waals surface area contributed by atoms with E-state index in [1.165, 1.54) is 15.8 Å². The average molecular weight is 289 g/mol. The van der Waals surface area contributed by atoms with E-state index in [1.54, 1.807) is 18.4 Å². The molecule has 0 bridgehead atoms. The van der Waals surface area contributed by atoms with Gasteiger partial charge in [-0.1, -0.05) is 23.5 Å². The molecule has 0 spiro atoms. The fourth-order valence-electron chi connectivity index (χ4n) is 2.56. The molecule has 0 amide bonds. The summed E-state index contributed by atoms with van der Waals surface area (Å²) in [6, 6.07) is 6.42. The van der Waals surface area contributed by atoms with E-state index in [9.17, 15) is 0 Å². The SMILES string of the molecule is COCC1=CCN(Cc2ccc3nc(N)sc3c2)CC1. The number of rotatable bonds is 4. The van der Waals surface area contributed by atoms with Crippen molar-refractivity contribution in [3.05, 3.63) is 35.4 Å². The fraction of sp³-hybridized carbons (Fsp3) is 0.400. The van der Waals surface area contributed by atoms with Crippen LogP contribution in [-0.2, 0) is 11.3 Å². The Labute approximate surface area is 122 Å². The largest absolute Gasteiger partial charge is 0.380 e. The Bertz CT molecular complexity index is 635. The zero-order valence-corrected chi connectivity index (χ0v) is 12.4. The van der Waals surface area contributed by atoms with Crippen molar-refractivity contribution in [2.75, 3.05) is 32.5 Å². The summed E-state index contributed by atoms with van der Waals surface area (Å²) in [6.07, 6.45) is 3.39. The molecule has 0 radical (unpaired) electrons. The standard InChI is InChI=1S/C15H19N3OS/c1-19-10-11-4-6-18(7-5-11)9-12-2-3-13-14(8-12)20-15(16)17-13/h2-4,8H,5-7,9-10H2,1H3,(H2,16,17). The molecule has 0 saturated heterocycles. The molecule has 2 N–H and O–H groups in total. The monoisotopic (exact) mass is 289 g/mol. The van der Waals surface area contributed by atoms with Gasteiger partial charge in [0.2, 0.25) is 0 Å². The van der Waals surface area contributed by atoms with Gasteiger partial charge in [0.25, 0.3) is 0 Å². The number of nitrogens with zero attached hydrogens (tertiary/aromatic N) is 2. The number of hydrogen-bond donors (Lipinski definition) is 1. The first kappa shape index (κ1) is 13.5.